The first kappa shape index (κ1) is 22.5. The highest BCUT2D eigenvalue weighted by atomic mass is 19.1. The minimum atomic E-state index is -0.304. The predicted octanol–water partition coefficient (Wildman–Crippen LogP) is 5.91. The zero-order valence-corrected chi connectivity index (χ0v) is 18.3. The van der Waals surface area contributed by atoms with Crippen molar-refractivity contribution >= 4 is 16.6 Å². The van der Waals surface area contributed by atoms with Gasteiger partial charge in [-0.1, -0.05) is 0 Å². The van der Waals surface area contributed by atoms with Crippen LogP contribution in [0.4, 0.5) is 14.5 Å². The summed E-state index contributed by atoms with van der Waals surface area (Å²) >= 11 is 0. The molecule has 33 heavy (non-hydrogen) atoms. The second-order valence-corrected chi connectivity index (χ2v) is 7.51. The fraction of sp³-hybridized carbons (Fsp3) is 0.192. The van der Waals surface area contributed by atoms with Gasteiger partial charge in [-0.15, -0.1) is 0 Å². The molecular weight excluding hydrogens is 424 g/mol. The Bertz CT molecular complexity index is 1220. The Morgan fingerprint density at radius 3 is 2.45 bits per heavy atom. The summed E-state index contributed by atoms with van der Waals surface area (Å²) in [7, 11) is 1.58. The van der Waals surface area contributed by atoms with Crippen LogP contribution in [0.25, 0.3) is 10.9 Å². The van der Waals surface area contributed by atoms with Crippen molar-refractivity contribution in [1.82, 2.24) is 10.3 Å². The number of benzene rings is 3. The molecule has 4 rings (SSSR count). The summed E-state index contributed by atoms with van der Waals surface area (Å²) in [6, 6.07) is 18.0. The number of rotatable bonds is 10. The van der Waals surface area contributed by atoms with E-state index >= 15 is 0 Å². The molecule has 3 aromatic carbocycles. The first-order chi connectivity index (χ1) is 16.1. The Morgan fingerprint density at radius 1 is 0.848 bits per heavy atom. The highest BCUT2D eigenvalue weighted by Crippen LogP contribution is 2.28. The second-order valence-electron chi connectivity index (χ2n) is 7.51. The van der Waals surface area contributed by atoms with Gasteiger partial charge in [-0.2, -0.15) is 0 Å². The van der Waals surface area contributed by atoms with Gasteiger partial charge in [0.05, 0.1) is 12.6 Å². The van der Waals surface area contributed by atoms with Crippen LogP contribution in [-0.4, -0.2) is 25.2 Å². The maximum Gasteiger partial charge on any atom is 0.129 e. The van der Waals surface area contributed by atoms with E-state index in [2.05, 4.69) is 15.6 Å². The van der Waals surface area contributed by atoms with Gasteiger partial charge < -0.3 is 20.1 Å². The van der Waals surface area contributed by atoms with Crippen LogP contribution in [0.1, 0.15) is 12.0 Å². The van der Waals surface area contributed by atoms with E-state index in [9.17, 15) is 8.78 Å². The lowest BCUT2D eigenvalue weighted by Crippen LogP contribution is -2.18. The SMILES string of the molecule is COc1ccc(F)cc1CNCCCNc1ccnc2cc(Oc3ccc(F)cc3)ccc12. The highest BCUT2D eigenvalue weighted by Gasteiger charge is 2.06. The molecule has 0 spiro atoms. The summed E-state index contributed by atoms with van der Waals surface area (Å²) < 4.78 is 37.6. The molecule has 0 aliphatic rings. The van der Waals surface area contributed by atoms with Crippen LogP contribution in [-0.2, 0) is 6.54 Å². The minimum Gasteiger partial charge on any atom is -0.496 e. The van der Waals surface area contributed by atoms with Gasteiger partial charge in [0, 0.05) is 42.0 Å². The molecule has 4 aromatic rings. The van der Waals surface area contributed by atoms with E-state index in [1.165, 1.54) is 24.3 Å². The summed E-state index contributed by atoms with van der Waals surface area (Å²) in [6.45, 7) is 2.07. The molecule has 5 nitrogen and oxygen atoms in total. The van der Waals surface area contributed by atoms with Crippen molar-refractivity contribution in [2.45, 2.75) is 13.0 Å². The van der Waals surface area contributed by atoms with Crippen LogP contribution in [0, 0.1) is 11.6 Å². The maximum absolute atomic E-state index is 13.5. The molecule has 0 atom stereocenters. The first-order valence-electron chi connectivity index (χ1n) is 10.7. The number of hydrogen-bond donors (Lipinski definition) is 2. The Hall–Kier alpha value is -3.71. The fourth-order valence-corrected chi connectivity index (χ4v) is 3.53. The number of aromatic nitrogens is 1. The molecule has 170 valence electrons. The van der Waals surface area contributed by atoms with Crippen molar-refractivity contribution in [3.8, 4) is 17.2 Å². The highest BCUT2D eigenvalue weighted by molar-refractivity contribution is 5.91. The zero-order valence-electron chi connectivity index (χ0n) is 18.3. The molecule has 0 amide bonds. The second kappa shape index (κ2) is 10.7. The van der Waals surface area contributed by atoms with Crippen molar-refractivity contribution in [1.29, 1.82) is 0 Å². The normalized spacial score (nSPS) is 10.9. The first-order valence-corrected chi connectivity index (χ1v) is 10.7. The molecule has 1 heterocycles. The van der Waals surface area contributed by atoms with Crippen LogP contribution >= 0.6 is 0 Å². The third-order valence-corrected chi connectivity index (χ3v) is 5.17. The predicted molar refractivity (Wildman–Crippen MR) is 126 cm³/mol. The van der Waals surface area contributed by atoms with Crippen molar-refractivity contribution in [2.75, 3.05) is 25.5 Å². The average Bonchev–Trinajstić information content (AvgIpc) is 2.83. The van der Waals surface area contributed by atoms with E-state index in [0.29, 0.717) is 23.8 Å². The Kier molecular flexibility index (Phi) is 7.32. The van der Waals surface area contributed by atoms with Crippen molar-refractivity contribution < 1.29 is 18.3 Å². The van der Waals surface area contributed by atoms with Crippen LogP contribution in [0.2, 0.25) is 0 Å². The number of hydrogen-bond acceptors (Lipinski definition) is 5. The number of halogens is 2. The van der Waals surface area contributed by atoms with Gasteiger partial charge in [0.2, 0.25) is 0 Å². The number of fused-ring (bicyclic) bond motifs is 1. The largest absolute Gasteiger partial charge is 0.496 e. The van der Waals surface area contributed by atoms with Gasteiger partial charge in [0.15, 0.2) is 0 Å². The maximum atomic E-state index is 13.5. The Balaban J connectivity index is 1.30. The van der Waals surface area contributed by atoms with Gasteiger partial charge in [-0.3, -0.25) is 4.98 Å². The average molecular weight is 450 g/mol. The molecule has 0 bridgehead atoms. The summed E-state index contributed by atoms with van der Waals surface area (Å²) in [5, 5.41) is 7.76. The van der Waals surface area contributed by atoms with Crippen LogP contribution < -0.4 is 20.1 Å². The lowest BCUT2D eigenvalue weighted by Gasteiger charge is -2.12. The molecule has 0 aliphatic heterocycles. The van der Waals surface area contributed by atoms with E-state index < -0.39 is 0 Å². The minimum absolute atomic E-state index is 0.273. The number of pyridine rings is 1. The summed E-state index contributed by atoms with van der Waals surface area (Å²) in [6.07, 6.45) is 2.63. The standard InChI is InChI=1S/C26H25F2N3O2/c1-32-26-10-5-20(28)15-18(26)17-29-12-2-13-30-24-11-14-31-25-16-22(8-9-23(24)25)33-21-6-3-19(27)4-7-21/h3-11,14-16,29H,2,12-13,17H2,1H3,(H,30,31). The molecule has 0 fully saturated rings. The molecule has 0 aliphatic carbocycles. The molecule has 7 heteroatoms. The lowest BCUT2D eigenvalue weighted by atomic mass is 10.1. The summed E-state index contributed by atoms with van der Waals surface area (Å²) in [4.78, 5) is 4.44. The number of methoxy groups -OCH3 is 1. The third-order valence-electron chi connectivity index (χ3n) is 5.17. The van der Waals surface area contributed by atoms with Crippen molar-refractivity contribution in [3.63, 3.8) is 0 Å². The molecule has 0 radical (unpaired) electrons. The van der Waals surface area contributed by atoms with Crippen LogP contribution in [0.3, 0.4) is 0 Å². The molecular formula is C26H25F2N3O2. The van der Waals surface area contributed by atoms with Gasteiger partial charge in [-0.25, -0.2) is 8.78 Å². The number of nitrogens with zero attached hydrogens (tertiary/aromatic N) is 1. The molecule has 1 aromatic heterocycles. The quantitative estimate of drug-likeness (QED) is 0.295. The molecule has 2 N–H and O–H groups in total. The zero-order chi connectivity index (χ0) is 23.0. The van der Waals surface area contributed by atoms with E-state index in [1.807, 2.05) is 24.3 Å². The van der Waals surface area contributed by atoms with Gasteiger partial charge >= 0.3 is 0 Å². The van der Waals surface area contributed by atoms with Crippen molar-refractivity contribution in [3.05, 3.63) is 90.1 Å². The monoisotopic (exact) mass is 449 g/mol. The van der Waals surface area contributed by atoms with E-state index in [0.717, 1.165) is 41.7 Å². The lowest BCUT2D eigenvalue weighted by molar-refractivity contribution is 0.406. The van der Waals surface area contributed by atoms with Gasteiger partial charge in [0.1, 0.15) is 28.9 Å². The Labute approximate surface area is 191 Å². The van der Waals surface area contributed by atoms with Gasteiger partial charge in [-0.05, 0) is 73.6 Å². The summed E-state index contributed by atoms with van der Waals surface area (Å²) in [5.41, 5.74) is 2.58. The van der Waals surface area contributed by atoms with Crippen LogP contribution in [0.5, 0.6) is 17.2 Å². The molecule has 0 unspecified atom stereocenters. The fourth-order valence-electron chi connectivity index (χ4n) is 3.53. The molecule has 0 saturated carbocycles. The van der Waals surface area contributed by atoms with Crippen LogP contribution in [0.15, 0.2) is 72.9 Å². The smallest absolute Gasteiger partial charge is 0.129 e. The topological polar surface area (TPSA) is 55.4 Å². The van der Waals surface area contributed by atoms with E-state index in [-0.39, 0.29) is 11.6 Å². The third kappa shape index (κ3) is 5.96. The van der Waals surface area contributed by atoms with E-state index in [4.69, 9.17) is 9.47 Å². The van der Waals surface area contributed by atoms with E-state index in [1.54, 1.807) is 31.5 Å². The van der Waals surface area contributed by atoms with Crippen molar-refractivity contribution in [2.24, 2.45) is 0 Å². The number of ether oxygens (including phenoxy) is 2. The Morgan fingerprint density at radius 2 is 1.64 bits per heavy atom. The molecule has 0 saturated heterocycles. The summed E-state index contributed by atoms with van der Waals surface area (Å²) in [5.74, 6) is 1.30. The number of nitrogens with one attached hydrogen (secondary N) is 2. The number of anilines is 1. The van der Waals surface area contributed by atoms with Gasteiger partial charge in [0.25, 0.3) is 0 Å².